The van der Waals surface area contributed by atoms with Crippen LogP contribution < -0.4 is 4.90 Å². The highest BCUT2D eigenvalue weighted by molar-refractivity contribution is 5.79. The second-order valence-corrected chi connectivity index (χ2v) is 11.5. The van der Waals surface area contributed by atoms with Gasteiger partial charge in [-0.2, -0.15) is 0 Å². The number of rotatable bonds is 6. The zero-order valence-corrected chi connectivity index (χ0v) is 24.8. The van der Waals surface area contributed by atoms with Gasteiger partial charge in [0.05, 0.1) is 13.2 Å². The first-order valence-electron chi connectivity index (χ1n) is 14.7. The summed E-state index contributed by atoms with van der Waals surface area (Å²) in [5, 5.41) is 21.1. The van der Waals surface area contributed by atoms with Gasteiger partial charge in [-0.15, -0.1) is 0 Å². The van der Waals surface area contributed by atoms with Crippen molar-refractivity contribution < 1.29 is 29.3 Å². The van der Waals surface area contributed by atoms with Crippen LogP contribution >= 0.6 is 0 Å². The van der Waals surface area contributed by atoms with Crippen molar-refractivity contribution in [3.8, 4) is 0 Å². The summed E-state index contributed by atoms with van der Waals surface area (Å²) >= 11 is 0. The molecule has 0 aliphatic carbocycles. The molecule has 4 atom stereocenters. The molecule has 40 heavy (non-hydrogen) atoms. The summed E-state index contributed by atoms with van der Waals surface area (Å²) in [5.74, 6) is 0.232. The van der Waals surface area contributed by atoms with E-state index in [0.717, 1.165) is 45.4 Å². The van der Waals surface area contributed by atoms with E-state index in [-0.39, 0.29) is 31.0 Å². The number of methoxy groups -OCH3 is 1. The molecule has 3 rings (SSSR count). The maximum atomic E-state index is 13.9. The Hall–Kier alpha value is -2.24. The topological polar surface area (TPSA) is 106 Å². The van der Waals surface area contributed by atoms with Crippen LogP contribution in [0.4, 0.5) is 5.69 Å². The van der Waals surface area contributed by atoms with E-state index in [1.54, 1.807) is 4.90 Å². The van der Waals surface area contributed by atoms with E-state index in [1.165, 1.54) is 19.7 Å². The summed E-state index contributed by atoms with van der Waals surface area (Å²) in [5.41, 5.74) is 1.21. The van der Waals surface area contributed by atoms with Gasteiger partial charge in [-0.25, -0.2) is 0 Å². The normalized spacial score (nSPS) is 26.5. The lowest BCUT2D eigenvalue weighted by Crippen LogP contribution is -2.55. The fraction of sp³-hybridized carbons (Fsp3) is 0.733. The molecule has 1 aromatic rings. The van der Waals surface area contributed by atoms with Gasteiger partial charge < -0.3 is 34.4 Å². The number of aliphatic hydroxyl groups excluding tert-OH is 2. The van der Waals surface area contributed by atoms with Gasteiger partial charge in [0.2, 0.25) is 11.8 Å². The predicted molar refractivity (Wildman–Crippen MR) is 155 cm³/mol. The summed E-state index contributed by atoms with van der Waals surface area (Å²) in [6.07, 6.45) is -0.881. The van der Waals surface area contributed by atoms with Gasteiger partial charge in [0, 0.05) is 78.2 Å². The van der Waals surface area contributed by atoms with Crippen LogP contribution in [0.2, 0.25) is 0 Å². The minimum absolute atomic E-state index is 0.0192. The van der Waals surface area contributed by atoms with Crippen molar-refractivity contribution in [1.82, 2.24) is 14.7 Å². The van der Waals surface area contributed by atoms with Gasteiger partial charge in [0.15, 0.2) is 0 Å². The van der Waals surface area contributed by atoms with Gasteiger partial charge in [-0.3, -0.25) is 14.5 Å². The van der Waals surface area contributed by atoms with Crippen molar-refractivity contribution in [2.45, 2.75) is 64.4 Å². The summed E-state index contributed by atoms with van der Waals surface area (Å²) in [6, 6.07) is 10.2. The van der Waals surface area contributed by atoms with E-state index >= 15 is 0 Å². The smallest absolute Gasteiger partial charge is 0.237 e. The van der Waals surface area contributed by atoms with Crippen molar-refractivity contribution in [2.75, 3.05) is 77.6 Å². The molecule has 2 aliphatic heterocycles. The highest BCUT2D eigenvalue weighted by Crippen LogP contribution is 2.19. The van der Waals surface area contributed by atoms with Crippen LogP contribution in [-0.4, -0.2) is 134 Å². The number of hydrogen-bond donors (Lipinski definition) is 2. The fourth-order valence-corrected chi connectivity index (χ4v) is 5.60. The molecule has 2 N–H and O–H groups in total. The van der Waals surface area contributed by atoms with Crippen molar-refractivity contribution in [3.05, 3.63) is 30.3 Å². The van der Waals surface area contributed by atoms with Gasteiger partial charge in [0.25, 0.3) is 0 Å². The lowest BCUT2D eigenvalue weighted by molar-refractivity contribution is -0.143. The largest absolute Gasteiger partial charge is 0.388 e. The molecular formula is C30H50N4O6. The Balaban J connectivity index is 1.75. The van der Waals surface area contributed by atoms with Crippen LogP contribution in [0.1, 0.15) is 40.0 Å². The van der Waals surface area contributed by atoms with Gasteiger partial charge >= 0.3 is 0 Å². The van der Waals surface area contributed by atoms with Gasteiger partial charge in [0.1, 0.15) is 18.3 Å². The zero-order valence-electron chi connectivity index (χ0n) is 24.8. The third-order valence-electron chi connectivity index (χ3n) is 7.94. The second-order valence-electron chi connectivity index (χ2n) is 11.5. The number of aliphatic hydroxyl groups is 2. The first-order chi connectivity index (χ1) is 19.2. The molecule has 0 bridgehead atoms. The molecule has 2 amide bonds. The molecule has 10 nitrogen and oxygen atoms in total. The Labute approximate surface area is 239 Å². The van der Waals surface area contributed by atoms with E-state index in [9.17, 15) is 19.8 Å². The summed E-state index contributed by atoms with van der Waals surface area (Å²) in [6.45, 7) is 10.9. The zero-order chi connectivity index (χ0) is 29.1. The molecule has 2 saturated heterocycles. The Morgan fingerprint density at radius 2 is 1.73 bits per heavy atom. The van der Waals surface area contributed by atoms with Crippen molar-refractivity contribution in [3.63, 3.8) is 0 Å². The molecule has 10 heteroatoms. The van der Waals surface area contributed by atoms with E-state index in [0.29, 0.717) is 32.2 Å². The summed E-state index contributed by atoms with van der Waals surface area (Å²) in [4.78, 5) is 34.8. The number of nitrogens with zero attached hydrogens (tertiary/aromatic N) is 4. The first-order valence-corrected chi connectivity index (χ1v) is 14.7. The molecule has 0 aromatic heterocycles. The first kappa shape index (κ1) is 32.3. The van der Waals surface area contributed by atoms with E-state index in [2.05, 4.69) is 35.8 Å². The third kappa shape index (κ3) is 9.69. The standard InChI is InChI=1S/C30H50N4O6/c1-23(2)18-26-19-33(24(3)35)20-28(39-4)30(38)27(36)22-40-17-9-8-12-34(26)29(37)21-31-13-15-32(16-14-31)25-10-6-5-7-11-25/h5-7,10-11,23,26-28,30,36,38H,8-9,12-22H2,1-4H3/t26-,27-,28-,30-/m1/s1. The van der Waals surface area contributed by atoms with E-state index in [4.69, 9.17) is 9.47 Å². The van der Waals surface area contributed by atoms with Crippen molar-refractivity contribution in [2.24, 2.45) is 5.92 Å². The number of para-hydroxylation sites is 1. The summed E-state index contributed by atoms with van der Waals surface area (Å²) < 4.78 is 11.1. The highest BCUT2D eigenvalue weighted by Gasteiger charge is 2.33. The Bertz CT molecular complexity index is 895. The Kier molecular flexibility index (Phi) is 13.1. The number of hydrogen-bond acceptors (Lipinski definition) is 8. The lowest BCUT2D eigenvalue weighted by atomic mass is 10.00. The van der Waals surface area contributed by atoms with Crippen molar-refractivity contribution >= 4 is 17.5 Å². The molecular weight excluding hydrogens is 512 g/mol. The molecule has 226 valence electrons. The number of amides is 2. The number of piperazine rings is 1. The van der Waals surface area contributed by atoms with Crippen LogP contribution in [0.15, 0.2) is 30.3 Å². The maximum absolute atomic E-state index is 13.9. The molecule has 0 saturated carbocycles. The van der Waals surface area contributed by atoms with Gasteiger partial charge in [-0.1, -0.05) is 32.0 Å². The predicted octanol–water partition coefficient (Wildman–Crippen LogP) is 1.45. The van der Waals surface area contributed by atoms with Crippen LogP contribution in [0.25, 0.3) is 0 Å². The number of anilines is 1. The Morgan fingerprint density at radius 1 is 1.02 bits per heavy atom. The van der Waals surface area contributed by atoms with Crippen LogP contribution in [0, 0.1) is 5.92 Å². The third-order valence-corrected chi connectivity index (χ3v) is 7.94. The van der Waals surface area contributed by atoms with Gasteiger partial charge in [-0.05, 0) is 37.3 Å². The molecule has 2 aliphatic rings. The van der Waals surface area contributed by atoms with Crippen LogP contribution in [0.3, 0.4) is 0 Å². The minimum Gasteiger partial charge on any atom is -0.388 e. The molecule has 2 fully saturated rings. The van der Waals surface area contributed by atoms with E-state index < -0.39 is 18.3 Å². The number of carbonyl (C=O) groups excluding carboxylic acids is 2. The summed E-state index contributed by atoms with van der Waals surface area (Å²) in [7, 11) is 1.46. The average molecular weight is 563 g/mol. The maximum Gasteiger partial charge on any atom is 0.237 e. The van der Waals surface area contributed by atoms with Crippen LogP contribution in [0.5, 0.6) is 0 Å². The average Bonchev–Trinajstić information content (AvgIpc) is 2.94. The van der Waals surface area contributed by atoms with Crippen molar-refractivity contribution in [1.29, 1.82) is 0 Å². The van der Waals surface area contributed by atoms with Crippen LogP contribution in [-0.2, 0) is 19.1 Å². The number of carbonyl (C=O) groups is 2. The Morgan fingerprint density at radius 3 is 2.35 bits per heavy atom. The molecule has 2 heterocycles. The lowest BCUT2D eigenvalue weighted by Gasteiger charge is -2.40. The molecule has 0 spiro atoms. The molecule has 1 aromatic carbocycles. The SMILES string of the molecule is CO[C@@H]1CN(C(C)=O)C[C@@H](CC(C)C)N(C(=O)CN2CCN(c3ccccc3)CC2)CCCCOC[C@@H](O)[C@H]1O. The minimum atomic E-state index is -1.20. The monoisotopic (exact) mass is 562 g/mol. The second kappa shape index (κ2) is 16.3. The molecule has 0 unspecified atom stereocenters. The number of benzene rings is 1. The number of ether oxygens (including phenoxy) is 2. The quantitative estimate of drug-likeness (QED) is 0.537. The fourth-order valence-electron chi connectivity index (χ4n) is 5.60. The highest BCUT2D eigenvalue weighted by atomic mass is 16.5. The molecule has 0 radical (unpaired) electrons. The van der Waals surface area contributed by atoms with E-state index in [1.807, 2.05) is 23.1 Å².